The molecule has 3 N–H and O–H groups in total. The van der Waals surface area contributed by atoms with E-state index in [2.05, 4.69) is 0 Å². The average Bonchev–Trinajstić information content (AvgIpc) is 3.13. The number of nitrogens with two attached hydrogens (primary N) is 1. The van der Waals surface area contributed by atoms with Crippen LogP contribution >= 0.6 is 11.3 Å². The monoisotopic (exact) mass is 441 g/mol. The van der Waals surface area contributed by atoms with E-state index in [1.807, 2.05) is 11.8 Å². The Bertz CT molecular complexity index is 1150. The van der Waals surface area contributed by atoms with Gasteiger partial charge in [-0.15, -0.1) is 11.3 Å². The Morgan fingerprint density at radius 3 is 2.74 bits per heavy atom. The number of nitrogens with zero attached hydrogens (tertiary/aromatic N) is 4. The molecule has 0 radical (unpaired) electrons. The lowest BCUT2D eigenvalue weighted by Crippen LogP contribution is -2.36. The molecule has 31 heavy (non-hydrogen) atoms. The Balaban J connectivity index is 1.97. The van der Waals surface area contributed by atoms with Crippen LogP contribution in [0, 0.1) is 10.1 Å². The van der Waals surface area contributed by atoms with Gasteiger partial charge in [-0.25, -0.2) is 9.97 Å². The summed E-state index contributed by atoms with van der Waals surface area (Å²) in [5.41, 5.74) is 7.56. The third-order valence-electron chi connectivity index (χ3n) is 5.44. The summed E-state index contributed by atoms with van der Waals surface area (Å²) in [7, 11) is 0. The fourth-order valence-electron chi connectivity index (χ4n) is 3.92. The number of carbonyl (C=O) groups excluding carboxylic acids is 1. The number of aliphatic hydroxyl groups is 1. The minimum atomic E-state index is -0.515. The lowest BCUT2D eigenvalue weighted by Gasteiger charge is -2.29. The number of primary amides is 1. The molecule has 9 nitrogen and oxygen atoms in total. The highest BCUT2D eigenvalue weighted by Gasteiger charge is 2.26. The van der Waals surface area contributed by atoms with E-state index in [0.717, 1.165) is 17.4 Å². The summed E-state index contributed by atoms with van der Waals surface area (Å²) in [5.74, 6) is -0.0275. The molecular weight excluding hydrogens is 418 g/mol. The van der Waals surface area contributed by atoms with E-state index in [1.54, 1.807) is 12.1 Å². The number of nitro groups is 1. The Morgan fingerprint density at radius 2 is 2.10 bits per heavy atom. The molecule has 0 aliphatic carbocycles. The Hall–Kier alpha value is -3.11. The predicted octanol–water partition coefficient (Wildman–Crippen LogP) is 3.28. The number of carbonyl (C=O) groups is 1. The van der Waals surface area contributed by atoms with Crippen molar-refractivity contribution in [2.45, 2.75) is 38.7 Å². The van der Waals surface area contributed by atoms with Gasteiger partial charge in [-0.05, 0) is 24.8 Å². The maximum Gasteiger partial charge on any atom is 0.270 e. The number of aryl methyl sites for hydroxylation is 1. The summed E-state index contributed by atoms with van der Waals surface area (Å²) < 4.78 is 0. The molecule has 2 aromatic heterocycles. The zero-order valence-electron chi connectivity index (χ0n) is 17.1. The number of thiophene rings is 1. The second-order valence-electron chi connectivity index (χ2n) is 7.60. The van der Waals surface area contributed by atoms with E-state index >= 15 is 0 Å². The zero-order chi connectivity index (χ0) is 22.1. The van der Waals surface area contributed by atoms with Crippen LogP contribution in [0.15, 0.2) is 24.3 Å². The molecule has 4 rings (SSSR count). The largest absolute Gasteiger partial charge is 0.393 e. The van der Waals surface area contributed by atoms with Crippen LogP contribution in [0.3, 0.4) is 0 Å². The highest BCUT2D eigenvalue weighted by molar-refractivity contribution is 7.20. The van der Waals surface area contributed by atoms with Crippen molar-refractivity contribution in [2.24, 2.45) is 5.73 Å². The lowest BCUT2D eigenvalue weighted by atomic mass is 10.0. The van der Waals surface area contributed by atoms with Crippen molar-refractivity contribution in [3.8, 4) is 11.3 Å². The molecule has 1 fully saturated rings. The smallest absolute Gasteiger partial charge is 0.270 e. The Kier molecular flexibility index (Phi) is 5.84. The summed E-state index contributed by atoms with van der Waals surface area (Å²) in [6.07, 6.45) is 2.32. The number of hydrogen-bond donors (Lipinski definition) is 2. The number of aliphatic hydroxyl groups excluding tert-OH is 1. The molecule has 1 saturated heterocycles. The molecular formula is C21H23N5O4S. The fraction of sp³-hybridized carbons (Fsp3) is 0.381. The first kappa shape index (κ1) is 21.1. The number of nitro benzene ring substituents is 1. The van der Waals surface area contributed by atoms with Crippen LogP contribution in [-0.4, -0.2) is 45.1 Å². The highest BCUT2D eigenvalue weighted by Crippen LogP contribution is 2.39. The zero-order valence-corrected chi connectivity index (χ0v) is 17.9. The Morgan fingerprint density at radius 1 is 1.35 bits per heavy atom. The van der Waals surface area contributed by atoms with E-state index in [-0.39, 0.29) is 11.8 Å². The second kappa shape index (κ2) is 8.56. The fourth-order valence-corrected chi connectivity index (χ4v) is 4.99. The summed E-state index contributed by atoms with van der Waals surface area (Å²) in [6, 6.07) is 6.32. The highest BCUT2D eigenvalue weighted by atomic mass is 32.1. The molecule has 0 spiro atoms. The molecule has 3 aromatic rings. The second-order valence-corrected chi connectivity index (χ2v) is 8.60. The maximum absolute atomic E-state index is 12.1. The van der Waals surface area contributed by atoms with Crippen LogP contribution in [0.4, 0.5) is 11.6 Å². The first-order valence-electron chi connectivity index (χ1n) is 10.2. The number of aromatic nitrogens is 2. The molecule has 1 aliphatic heterocycles. The quantitative estimate of drug-likeness (QED) is 0.442. The minimum Gasteiger partial charge on any atom is -0.393 e. The van der Waals surface area contributed by atoms with Crippen LogP contribution in [0.1, 0.15) is 41.4 Å². The van der Waals surface area contributed by atoms with Crippen molar-refractivity contribution in [3.63, 3.8) is 0 Å². The van der Waals surface area contributed by atoms with Gasteiger partial charge in [-0.1, -0.05) is 25.5 Å². The van der Waals surface area contributed by atoms with Gasteiger partial charge in [0.15, 0.2) is 0 Å². The van der Waals surface area contributed by atoms with Crippen molar-refractivity contribution in [3.05, 3.63) is 44.8 Å². The van der Waals surface area contributed by atoms with Gasteiger partial charge in [0.25, 0.3) is 11.6 Å². The van der Waals surface area contributed by atoms with Crippen molar-refractivity contribution < 1.29 is 14.8 Å². The van der Waals surface area contributed by atoms with Gasteiger partial charge in [-0.3, -0.25) is 14.9 Å². The van der Waals surface area contributed by atoms with Crippen LogP contribution in [0.5, 0.6) is 0 Å². The molecule has 3 heterocycles. The third kappa shape index (κ3) is 4.08. The molecule has 0 unspecified atom stereocenters. The van der Waals surface area contributed by atoms with Crippen molar-refractivity contribution in [1.29, 1.82) is 0 Å². The predicted molar refractivity (Wildman–Crippen MR) is 119 cm³/mol. The normalized spacial score (nSPS) is 14.8. The minimum absolute atomic E-state index is 0.0331. The van der Waals surface area contributed by atoms with Gasteiger partial charge in [0.1, 0.15) is 4.83 Å². The maximum atomic E-state index is 12.1. The van der Waals surface area contributed by atoms with Crippen LogP contribution in [-0.2, 0) is 6.42 Å². The van der Waals surface area contributed by atoms with Gasteiger partial charge in [0.05, 0.1) is 21.6 Å². The first-order valence-corrected chi connectivity index (χ1v) is 11.0. The number of piperidine rings is 1. The van der Waals surface area contributed by atoms with Crippen LogP contribution < -0.4 is 10.6 Å². The molecule has 1 aliphatic rings. The standard InChI is InChI=1S/C21H23N5O4S/c1-2-4-15-16-17(12-5-3-6-13(11-12)26(29)30)23-21(25-9-7-14(27)8-10-25)24-20(16)31-18(15)19(22)28/h3,5-6,11,14,27H,2,4,7-10H2,1H3,(H2,22,28). The number of fused-ring (bicyclic) bond motifs is 1. The van der Waals surface area contributed by atoms with Gasteiger partial charge in [0.2, 0.25) is 5.95 Å². The number of hydrogen-bond acceptors (Lipinski definition) is 8. The number of rotatable bonds is 6. The third-order valence-corrected chi connectivity index (χ3v) is 6.58. The molecule has 0 bridgehead atoms. The summed E-state index contributed by atoms with van der Waals surface area (Å²) in [5, 5.41) is 21.9. The molecule has 0 saturated carbocycles. The lowest BCUT2D eigenvalue weighted by molar-refractivity contribution is -0.384. The average molecular weight is 442 g/mol. The molecule has 1 amide bonds. The summed E-state index contributed by atoms with van der Waals surface area (Å²) in [4.78, 5) is 35.6. The molecule has 10 heteroatoms. The number of anilines is 1. The number of benzene rings is 1. The summed E-state index contributed by atoms with van der Waals surface area (Å²) in [6.45, 7) is 3.23. The molecule has 162 valence electrons. The van der Waals surface area contributed by atoms with Crippen LogP contribution in [0.2, 0.25) is 0 Å². The van der Waals surface area contributed by atoms with Gasteiger partial charge in [-0.2, -0.15) is 0 Å². The van der Waals surface area contributed by atoms with Crippen molar-refractivity contribution in [2.75, 3.05) is 18.0 Å². The van der Waals surface area contributed by atoms with Crippen LogP contribution in [0.25, 0.3) is 21.5 Å². The van der Waals surface area contributed by atoms with E-state index < -0.39 is 10.8 Å². The van der Waals surface area contributed by atoms with E-state index in [4.69, 9.17) is 15.7 Å². The van der Waals surface area contributed by atoms with Crippen molar-refractivity contribution in [1.82, 2.24) is 9.97 Å². The van der Waals surface area contributed by atoms with E-state index in [1.165, 1.54) is 23.5 Å². The number of non-ortho nitro benzene ring substituents is 1. The summed E-state index contributed by atoms with van der Waals surface area (Å²) >= 11 is 1.23. The van der Waals surface area contributed by atoms with Gasteiger partial charge in [0, 0.05) is 36.2 Å². The Labute approximate surface area is 182 Å². The van der Waals surface area contributed by atoms with Crippen molar-refractivity contribution >= 4 is 39.1 Å². The first-order chi connectivity index (χ1) is 14.9. The molecule has 1 aromatic carbocycles. The van der Waals surface area contributed by atoms with E-state index in [0.29, 0.717) is 59.3 Å². The topological polar surface area (TPSA) is 135 Å². The molecule has 0 atom stereocenters. The number of amides is 1. The van der Waals surface area contributed by atoms with E-state index in [9.17, 15) is 20.0 Å². The van der Waals surface area contributed by atoms with Gasteiger partial charge >= 0.3 is 0 Å². The SMILES string of the molecule is CCCc1c(C(N)=O)sc2nc(N3CCC(O)CC3)nc(-c3cccc([N+](=O)[O-])c3)c12. The van der Waals surface area contributed by atoms with Gasteiger partial charge < -0.3 is 15.7 Å².